The molecule has 6 nitrogen and oxygen atoms in total. The van der Waals surface area contributed by atoms with Crippen molar-refractivity contribution in [3.05, 3.63) is 88.3 Å². The third-order valence-electron chi connectivity index (χ3n) is 4.44. The highest BCUT2D eigenvalue weighted by atomic mass is 35.5. The molecule has 0 unspecified atom stereocenters. The third kappa shape index (κ3) is 4.87. The predicted octanol–water partition coefficient (Wildman–Crippen LogP) is 4.41. The highest BCUT2D eigenvalue weighted by molar-refractivity contribution is 7.91. The van der Waals surface area contributed by atoms with Crippen molar-refractivity contribution in [3.8, 4) is 0 Å². The van der Waals surface area contributed by atoms with E-state index in [1.807, 2.05) is 6.92 Å². The summed E-state index contributed by atoms with van der Waals surface area (Å²) in [7, 11) is -3.66. The average molecular weight is 442 g/mol. The minimum Gasteiger partial charge on any atom is -0.351 e. The molecular weight excluding hydrogens is 422 g/mol. The van der Waals surface area contributed by atoms with Gasteiger partial charge < -0.3 is 10.3 Å². The number of hydrogen-bond donors (Lipinski definition) is 2. The van der Waals surface area contributed by atoms with Gasteiger partial charge in [-0.2, -0.15) is 0 Å². The lowest BCUT2D eigenvalue weighted by Gasteiger charge is -2.07. The van der Waals surface area contributed by atoms with Crippen molar-refractivity contribution in [1.29, 1.82) is 0 Å². The molecule has 0 saturated heterocycles. The van der Waals surface area contributed by atoms with Crippen molar-refractivity contribution >= 4 is 40.1 Å². The van der Waals surface area contributed by atoms with E-state index in [1.165, 1.54) is 24.3 Å². The first-order valence-corrected chi connectivity index (χ1v) is 10.9. The van der Waals surface area contributed by atoms with Crippen molar-refractivity contribution in [2.45, 2.75) is 23.3 Å². The molecule has 8 heteroatoms. The zero-order valence-electron chi connectivity index (χ0n) is 16.2. The van der Waals surface area contributed by atoms with Gasteiger partial charge in [-0.3, -0.25) is 9.79 Å². The van der Waals surface area contributed by atoms with Gasteiger partial charge in [0, 0.05) is 23.5 Å². The number of carbonyl (C=O) groups is 1. The lowest BCUT2D eigenvalue weighted by atomic mass is 10.2. The van der Waals surface area contributed by atoms with Gasteiger partial charge in [0.05, 0.1) is 9.79 Å². The second kappa shape index (κ2) is 9.11. The van der Waals surface area contributed by atoms with E-state index in [2.05, 4.69) is 22.0 Å². The van der Waals surface area contributed by atoms with Crippen LogP contribution in [0.15, 0.2) is 75.6 Å². The summed E-state index contributed by atoms with van der Waals surface area (Å²) in [6.07, 6.45) is 3.28. The van der Waals surface area contributed by atoms with E-state index in [0.717, 1.165) is 16.8 Å². The number of hydrogen-bond acceptors (Lipinski definition) is 4. The van der Waals surface area contributed by atoms with Gasteiger partial charge >= 0.3 is 0 Å². The Morgan fingerprint density at radius 2 is 1.90 bits per heavy atom. The number of aliphatic imine (C=N–C) groups is 1. The minimum absolute atomic E-state index is 0.134. The van der Waals surface area contributed by atoms with Crippen LogP contribution in [0.1, 0.15) is 27.3 Å². The van der Waals surface area contributed by atoms with E-state index in [4.69, 9.17) is 11.6 Å². The normalized spacial score (nSPS) is 11.5. The van der Waals surface area contributed by atoms with E-state index in [0.29, 0.717) is 10.7 Å². The van der Waals surface area contributed by atoms with Gasteiger partial charge in [-0.25, -0.2) is 8.42 Å². The van der Waals surface area contributed by atoms with Crippen LogP contribution in [-0.4, -0.2) is 26.0 Å². The molecule has 154 valence electrons. The number of amides is 1. The first-order chi connectivity index (χ1) is 14.3. The summed E-state index contributed by atoms with van der Waals surface area (Å²) in [5.41, 5.74) is 2.89. The molecule has 0 aliphatic heterocycles. The number of nitrogens with zero attached hydrogens (tertiary/aromatic N) is 1. The Balaban J connectivity index is 1.68. The highest BCUT2D eigenvalue weighted by Gasteiger charge is 2.18. The standard InChI is InChI=1S/C22H20ClN3O3S/c1-15-12-21(26-20(15)10-11-24-2)22(27)25-14-16-6-8-18(9-7-16)30(28,29)19-5-3-4-17(23)13-19/h3-13,26H,2,14H2,1H3,(H,25,27)/b11-10-. The van der Waals surface area contributed by atoms with Crippen LogP contribution in [0.25, 0.3) is 6.08 Å². The number of carbonyl (C=O) groups excluding carboxylic acids is 1. The second-order valence-corrected chi connectivity index (χ2v) is 8.95. The Morgan fingerprint density at radius 3 is 2.57 bits per heavy atom. The number of nitrogens with one attached hydrogen (secondary N) is 2. The zero-order valence-corrected chi connectivity index (χ0v) is 17.8. The number of aryl methyl sites for hydroxylation is 1. The van der Waals surface area contributed by atoms with Crippen LogP contribution in [0.5, 0.6) is 0 Å². The Hall–Kier alpha value is -3.16. The molecule has 0 aliphatic carbocycles. The fourth-order valence-electron chi connectivity index (χ4n) is 2.83. The molecule has 0 bridgehead atoms. The lowest BCUT2D eigenvalue weighted by molar-refractivity contribution is 0.0946. The van der Waals surface area contributed by atoms with E-state index in [-0.39, 0.29) is 22.2 Å². The van der Waals surface area contributed by atoms with Crippen LogP contribution in [-0.2, 0) is 16.4 Å². The zero-order chi connectivity index (χ0) is 21.7. The topological polar surface area (TPSA) is 91.4 Å². The summed E-state index contributed by atoms with van der Waals surface area (Å²) in [6, 6.07) is 14.2. The molecule has 0 atom stereocenters. The monoisotopic (exact) mass is 441 g/mol. The molecule has 0 fully saturated rings. The molecule has 1 aromatic heterocycles. The highest BCUT2D eigenvalue weighted by Crippen LogP contribution is 2.23. The van der Waals surface area contributed by atoms with Crippen molar-refractivity contribution in [2.75, 3.05) is 0 Å². The van der Waals surface area contributed by atoms with Crippen LogP contribution in [0.4, 0.5) is 0 Å². The van der Waals surface area contributed by atoms with Gasteiger partial charge in [-0.15, -0.1) is 0 Å². The average Bonchev–Trinajstić information content (AvgIpc) is 3.11. The molecule has 2 aromatic carbocycles. The smallest absolute Gasteiger partial charge is 0.267 e. The van der Waals surface area contributed by atoms with E-state index >= 15 is 0 Å². The first kappa shape index (κ1) is 21.5. The first-order valence-electron chi connectivity index (χ1n) is 9.01. The number of aromatic nitrogens is 1. The van der Waals surface area contributed by atoms with Gasteiger partial charge in [0.2, 0.25) is 9.84 Å². The number of benzene rings is 2. The van der Waals surface area contributed by atoms with Gasteiger partial charge in [0.1, 0.15) is 5.69 Å². The fourth-order valence-corrected chi connectivity index (χ4v) is 4.39. The van der Waals surface area contributed by atoms with E-state index in [1.54, 1.807) is 42.6 Å². The number of sulfone groups is 1. The maximum absolute atomic E-state index is 12.7. The maximum atomic E-state index is 12.7. The Kier molecular flexibility index (Phi) is 6.54. The molecule has 0 radical (unpaired) electrons. The summed E-state index contributed by atoms with van der Waals surface area (Å²) in [6.45, 7) is 5.52. The number of rotatable bonds is 7. The lowest BCUT2D eigenvalue weighted by Crippen LogP contribution is -2.23. The summed E-state index contributed by atoms with van der Waals surface area (Å²) >= 11 is 5.90. The van der Waals surface area contributed by atoms with Gasteiger partial charge in [-0.1, -0.05) is 29.8 Å². The number of H-pyrrole nitrogens is 1. The molecule has 0 aliphatic rings. The van der Waals surface area contributed by atoms with Crippen LogP contribution in [0.3, 0.4) is 0 Å². The van der Waals surface area contributed by atoms with Crippen molar-refractivity contribution < 1.29 is 13.2 Å². The molecule has 1 amide bonds. The molecule has 1 heterocycles. The summed E-state index contributed by atoms with van der Waals surface area (Å²) in [5.74, 6) is -0.264. The molecule has 3 aromatic rings. The molecule has 0 saturated carbocycles. The summed E-state index contributed by atoms with van der Waals surface area (Å²) in [5, 5.41) is 3.17. The Labute approximate surface area is 180 Å². The largest absolute Gasteiger partial charge is 0.351 e. The summed E-state index contributed by atoms with van der Waals surface area (Å²) in [4.78, 5) is 19.4. The molecule has 0 spiro atoms. The predicted molar refractivity (Wildman–Crippen MR) is 119 cm³/mol. The second-order valence-electron chi connectivity index (χ2n) is 6.57. The van der Waals surface area contributed by atoms with Crippen molar-refractivity contribution in [2.24, 2.45) is 4.99 Å². The number of halogens is 1. The van der Waals surface area contributed by atoms with Crippen LogP contribution in [0, 0.1) is 6.92 Å². The van der Waals surface area contributed by atoms with Crippen molar-refractivity contribution in [3.63, 3.8) is 0 Å². The van der Waals surface area contributed by atoms with Gasteiger partial charge in [0.15, 0.2) is 0 Å². The van der Waals surface area contributed by atoms with Crippen LogP contribution < -0.4 is 5.32 Å². The van der Waals surface area contributed by atoms with Gasteiger partial charge in [0.25, 0.3) is 5.91 Å². The van der Waals surface area contributed by atoms with Crippen LogP contribution in [0.2, 0.25) is 5.02 Å². The fraction of sp³-hybridized carbons (Fsp3) is 0.0909. The van der Waals surface area contributed by atoms with Crippen molar-refractivity contribution in [1.82, 2.24) is 10.3 Å². The number of aromatic amines is 1. The molecular formula is C22H20ClN3O3S. The Bertz CT molecular complexity index is 1210. The van der Waals surface area contributed by atoms with E-state index in [9.17, 15) is 13.2 Å². The molecule has 2 N–H and O–H groups in total. The third-order valence-corrected chi connectivity index (χ3v) is 6.44. The minimum atomic E-state index is -3.66. The summed E-state index contributed by atoms with van der Waals surface area (Å²) < 4.78 is 25.4. The van der Waals surface area contributed by atoms with Gasteiger partial charge in [-0.05, 0) is 67.2 Å². The SMILES string of the molecule is C=N/C=C\c1[nH]c(C(=O)NCc2ccc(S(=O)(=O)c3cccc(Cl)c3)cc2)cc1C. The Morgan fingerprint density at radius 1 is 1.17 bits per heavy atom. The molecule has 30 heavy (non-hydrogen) atoms. The molecule has 3 rings (SSSR count). The quantitative estimate of drug-likeness (QED) is 0.532. The van der Waals surface area contributed by atoms with Crippen LogP contribution >= 0.6 is 11.6 Å². The maximum Gasteiger partial charge on any atom is 0.267 e. The van der Waals surface area contributed by atoms with E-state index < -0.39 is 9.84 Å².